The molecule has 0 aliphatic carbocycles. The molecular weight excluding hydrogens is 268 g/mol. The molecular formula is C12H26N2O6. The molecule has 0 saturated carbocycles. The van der Waals surface area contributed by atoms with Crippen molar-refractivity contribution in [2.75, 3.05) is 39.5 Å². The number of carbonyl (C=O) groups is 2. The van der Waals surface area contributed by atoms with E-state index < -0.39 is 25.2 Å². The fourth-order valence-electron chi connectivity index (χ4n) is 1.08. The molecule has 0 radical (unpaired) electrons. The number of carboxylic acids is 2. The second kappa shape index (κ2) is 17.8. The van der Waals surface area contributed by atoms with Gasteiger partial charge in [0, 0.05) is 0 Å². The summed E-state index contributed by atoms with van der Waals surface area (Å²) in [6.07, 6.45) is 4.79. The van der Waals surface area contributed by atoms with Gasteiger partial charge in [-0.2, -0.15) is 0 Å². The average Bonchev–Trinajstić information content (AvgIpc) is 2.39. The van der Waals surface area contributed by atoms with E-state index in [0.717, 1.165) is 25.9 Å². The second-order valence-corrected chi connectivity index (χ2v) is 3.88. The van der Waals surface area contributed by atoms with Gasteiger partial charge in [0.25, 0.3) is 0 Å². The van der Waals surface area contributed by atoms with Gasteiger partial charge in [-0.25, -0.2) is 9.59 Å². The second-order valence-electron chi connectivity index (χ2n) is 3.88. The number of ether oxygens (including phenoxy) is 2. The topological polar surface area (TPSA) is 145 Å². The van der Waals surface area contributed by atoms with Crippen LogP contribution in [0.3, 0.4) is 0 Å². The lowest BCUT2D eigenvalue weighted by molar-refractivity contribution is -0.146. The van der Waals surface area contributed by atoms with Crippen molar-refractivity contribution in [1.82, 2.24) is 0 Å². The molecule has 0 aromatic heterocycles. The summed E-state index contributed by atoms with van der Waals surface area (Å²) < 4.78 is 9.12. The molecule has 8 nitrogen and oxygen atoms in total. The maximum Gasteiger partial charge on any atom is 0.329 e. The standard InChI is InChI=1S/C6H16N2.C6H10O6/c7-5-3-1-2-4-6-8;7-5(8)3-11-1-2-12-4-6(9)10/h1-8H2;1-4H2,(H,7,8)(H,9,10). The van der Waals surface area contributed by atoms with Gasteiger partial charge in [-0.3, -0.25) is 0 Å². The Bertz CT molecular complexity index is 214. The molecule has 120 valence electrons. The summed E-state index contributed by atoms with van der Waals surface area (Å²) in [4.78, 5) is 19.8. The van der Waals surface area contributed by atoms with Crippen LogP contribution in [0, 0.1) is 0 Å². The van der Waals surface area contributed by atoms with Gasteiger partial charge in [-0.1, -0.05) is 12.8 Å². The van der Waals surface area contributed by atoms with Crippen LogP contribution in [-0.2, 0) is 19.1 Å². The maximum absolute atomic E-state index is 9.88. The molecule has 0 saturated heterocycles. The quantitative estimate of drug-likeness (QED) is 0.357. The summed E-state index contributed by atoms with van der Waals surface area (Å²) >= 11 is 0. The number of rotatable bonds is 12. The third-order valence-corrected chi connectivity index (χ3v) is 1.98. The van der Waals surface area contributed by atoms with E-state index in [0.29, 0.717) is 0 Å². The lowest BCUT2D eigenvalue weighted by Crippen LogP contribution is -2.14. The number of aliphatic carboxylic acids is 2. The predicted octanol–water partition coefficient (Wildman–Crippen LogP) is -0.347. The zero-order valence-electron chi connectivity index (χ0n) is 11.8. The summed E-state index contributed by atoms with van der Waals surface area (Å²) in [6.45, 7) is 1.03. The van der Waals surface area contributed by atoms with E-state index in [4.69, 9.17) is 21.7 Å². The van der Waals surface area contributed by atoms with Crippen molar-refractivity contribution in [2.24, 2.45) is 11.5 Å². The first-order valence-electron chi connectivity index (χ1n) is 6.53. The minimum absolute atomic E-state index is 0.0829. The largest absolute Gasteiger partial charge is 0.480 e. The van der Waals surface area contributed by atoms with E-state index >= 15 is 0 Å². The third kappa shape index (κ3) is 25.6. The first-order valence-corrected chi connectivity index (χ1v) is 6.53. The molecule has 8 heteroatoms. The Kier molecular flexibility index (Phi) is 18.7. The molecule has 0 rings (SSSR count). The molecule has 0 unspecified atom stereocenters. The molecule has 0 atom stereocenters. The van der Waals surface area contributed by atoms with Gasteiger partial charge in [-0.05, 0) is 25.9 Å². The van der Waals surface area contributed by atoms with Crippen LogP contribution in [0.2, 0.25) is 0 Å². The molecule has 6 N–H and O–H groups in total. The van der Waals surface area contributed by atoms with E-state index in [2.05, 4.69) is 9.47 Å². The van der Waals surface area contributed by atoms with E-state index in [1.54, 1.807) is 0 Å². The number of nitrogens with two attached hydrogens (primary N) is 2. The summed E-state index contributed by atoms with van der Waals surface area (Å²) in [7, 11) is 0. The van der Waals surface area contributed by atoms with E-state index in [9.17, 15) is 9.59 Å². The van der Waals surface area contributed by atoms with Crippen molar-refractivity contribution in [3.8, 4) is 0 Å². The zero-order valence-corrected chi connectivity index (χ0v) is 11.8. The Morgan fingerprint density at radius 2 is 1.10 bits per heavy atom. The van der Waals surface area contributed by atoms with Gasteiger partial charge in [0.15, 0.2) is 0 Å². The van der Waals surface area contributed by atoms with E-state index in [-0.39, 0.29) is 13.2 Å². The van der Waals surface area contributed by atoms with Crippen LogP contribution in [0.5, 0.6) is 0 Å². The SMILES string of the molecule is NCCCCCCN.O=C(O)COCCOCC(=O)O. The smallest absolute Gasteiger partial charge is 0.329 e. The highest BCUT2D eigenvalue weighted by atomic mass is 16.5. The van der Waals surface area contributed by atoms with Crippen molar-refractivity contribution in [3.05, 3.63) is 0 Å². The van der Waals surface area contributed by atoms with Crippen LogP contribution in [-0.4, -0.2) is 61.7 Å². The highest BCUT2D eigenvalue weighted by Crippen LogP contribution is 1.95. The van der Waals surface area contributed by atoms with Crippen molar-refractivity contribution >= 4 is 11.9 Å². The van der Waals surface area contributed by atoms with Crippen LogP contribution in [0.4, 0.5) is 0 Å². The third-order valence-electron chi connectivity index (χ3n) is 1.98. The highest BCUT2D eigenvalue weighted by molar-refractivity contribution is 5.68. The maximum atomic E-state index is 9.88. The Labute approximate surface area is 119 Å². The number of carboxylic acid groups (broad SMARTS) is 2. The van der Waals surface area contributed by atoms with Crippen LogP contribution < -0.4 is 11.5 Å². The van der Waals surface area contributed by atoms with Crippen LogP contribution in [0.15, 0.2) is 0 Å². The number of hydrogen-bond donors (Lipinski definition) is 4. The molecule has 0 aromatic rings. The lowest BCUT2D eigenvalue weighted by Gasteiger charge is -2.00. The molecule has 0 spiro atoms. The Hall–Kier alpha value is -1.22. The Morgan fingerprint density at radius 1 is 0.750 bits per heavy atom. The van der Waals surface area contributed by atoms with Crippen molar-refractivity contribution < 1.29 is 29.3 Å². The first-order chi connectivity index (χ1) is 9.54. The van der Waals surface area contributed by atoms with Gasteiger partial charge in [0.05, 0.1) is 13.2 Å². The van der Waals surface area contributed by atoms with Crippen LogP contribution in [0.25, 0.3) is 0 Å². The molecule has 0 aliphatic heterocycles. The Balaban J connectivity index is 0. The monoisotopic (exact) mass is 294 g/mol. The first kappa shape index (κ1) is 21.1. The molecule has 20 heavy (non-hydrogen) atoms. The molecule has 0 fully saturated rings. The van der Waals surface area contributed by atoms with Crippen molar-refractivity contribution in [1.29, 1.82) is 0 Å². The summed E-state index contributed by atoms with van der Waals surface area (Å²) in [5.41, 5.74) is 10.6. The van der Waals surface area contributed by atoms with Gasteiger partial charge in [-0.15, -0.1) is 0 Å². The Morgan fingerprint density at radius 3 is 1.35 bits per heavy atom. The average molecular weight is 294 g/mol. The zero-order chi connectivity index (χ0) is 15.6. The fourth-order valence-corrected chi connectivity index (χ4v) is 1.08. The molecule has 0 heterocycles. The number of unbranched alkanes of at least 4 members (excludes halogenated alkanes) is 3. The van der Waals surface area contributed by atoms with Crippen molar-refractivity contribution in [3.63, 3.8) is 0 Å². The predicted molar refractivity (Wildman–Crippen MR) is 73.5 cm³/mol. The fraction of sp³-hybridized carbons (Fsp3) is 0.833. The summed E-state index contributed by atoms with van der Waals surface area (Å²) in [5.74, 6) is -2.12. The number of hydrogen-bond acceptors (Lipinski definition) is 6. The van der Waals surface area contributed by atoms with Gasteiger partial charge in [0.1, 0.15) is 13.2 Å². The molecule has 0 bridgehead atoms. The van der Waals surface area contributed by atoms with Gasteiger partial charge in [0.2, 0.25) is 0 Å². The molecule has 0 amide bonds. The minimum atomic E-state index is -1.06. The van der Waals surface area contributed by atoms with Crippen LogP contribution >= 0.6 is 0 Å². The van der Waals surface area contributed by atoms with Crippen LogP contribution in [0.1, 0.15) is 25.7 Å². The van der Waals surface area contributed by atoms with E-state index in [1.807, 2.05) is 0 Å². The van der Waals surface area contributed by atoms with E-state index in [1.165, 1.54) is 12.8 Å². The lowest BCUT2D eigenvalue weighted by atomic mass is 10.2. The molecule has 0 aliphatic rings. The van der Waals surface area contributed by atoms with Crippen molar-refractivity contribution in [2.45, 2.75) is 25.7 Å². The highest BCUT2D eigenvalue weighted by Gasteiger charge is 1.97. The summed E-state index contributed by atoms with van der Waals surface area (Å²) in [5, 5.41) is 16.2. The van der Waals surface area contributed by atoms with Gasteiger partial charge < -0.3 is 31.2 Å². The molecule has 0 aromatic carbocycles. The minimum Gasteiger partial charge on any atom is -0.480 e. The van der Waals surface area contributed by atoms with Gasteiger partial charge >= 0.3 is 11.9 Å². The normalized spacial score (nSPS) is 9.70. The summed E-state index contributed by atoms with van der Waals surface area (Å²) in [6, 6.07) is 0.